The molecule has 0 saturated heterocycles. The Kier molecular flexibility index (Phi) is 3.05. The van der Waals surface area contributed by atoms with E-state index in [0.29, 0.717) is 11.1 Å². The first-order valence-corrected chi connectivity index (χ1v) is 5.92. The van der Waals surface area contributed by atoms with Crippen molar-refractivity contribution in [3.63, 3.8) is 0 Å². The minimum absolute atomic E-state index is 0.284. The molecule has 0 amide bonds. The summed E-state index contributed by atoms with van der Waals surface area (Å²) in [6.07, 6.45) is 7.14. The highest BCUT2D eigenvalue weighted by atomic mass is 32.1. The Morgan fingerprint density at radius 1 is 1.50 bits per heavy atom. The second kappa shape index (κ2) is 4.33. The van der Waals surface area contributed by atoms with Gasteiger partial charge < -0.3 is 11.1 Å². The number of nitrogens with one attached hydrogen (secondary N) is 1. The molecule has 4 nitrogen and oxygen atoms in total. The molecule has 2 rings (SSSR count). The molecule has 0 bridgehead atoms. The van der Waals surface area contributed by atoms with Gasteiger partial charge in [0.1, 0.15) is 16.5 Å². The molecule has 0 aromatic carbocycles. The normalized spacial score (nSPS) is 16.8. The summed E-state index contributed by atoms with van der Waals surface area (Å²) in [5.74, 6) is 0.791. The highest BCUT2D eigenvalue weighted by Crippen LogP contribution is 2.48. The fraction of sp³-hybridized carbons (Fsp3) is 0.545. The largest absolute Gasteiger partial charge is 0.388 e. The Hall–Kier alpha value is -1.23. The maximum absolute atomic E-state index is 5.45. The third-order valence-electron chi connectivity index (χ3n) is 3.26. The molecule has 5 heteroatoms. The molecule has 1 heterocycles. The summed E-state index contributed by atoms with van der Waals surface area (Å²) in [6.45, 7) is 3.21. The number of nitrogens with two attached hydrogens (primary N) is 1. The highest BCUT2D eigenvalue weighted by Gasteiger charge is 2.40. The van der Waals surface area contributed by atoms with Crippen LogP contribution in [0.5, 0.6) is 0 Å². The third kappa shape index (κ3) is 2.47. The van der Waals surface area contributed by atoms with Crippen LogP contribution in [-0.2, 0) is 0 Å². The molecule has 1 aromatic rings. The smallest absolute Gasteiger partial charge is 0.144 e. The summed E-state index contributed by atoms with van der Waals surface area (Å²) < 4.78 is 0. The number of anilines is 1. The zero-order valence-electron chi connectivity index (χ0n) is 9.36. The van der Waals surface area contributed by atoms with Crippen molar-refractivity contribution in [3.05, 3.63) is 18.1 Å². The summed E-state index contributed by atoms with van der Waals surface area (Å²) >= 11 is 4.81. The van der Waals surface area contributed by atoms with Gasteiger partial charge in [0.25, 0.3) is 0 Å². The van der Waals surface area contributed by atoms with Crippen LogP contribution in [0.15, 0.2) is 12.4 Å². The second-order valence-corrected chi connectivity index (χ2v) is 4.80. The monoisotopic (exact) mass is 236 g/mol. The SMILES string of the molecule is CCC1(CNc2cnc(C(N)=S)cn2)CC1. The minimum atomic E-state index is 0.284. The van der Waals surface area contributed by atoms with Crippen LogP contribution < -0.4 is 11.1 Å². The van der Waals surface area contributed by atoms with Crippen molar-refractivity contribution in [3.8, 4) is 0 Å². The van der Waals surface area contributed by atoms with E-state index >= 15 is 0 Å². The van der Waals surface area contributed by atoms with Gasteiger partial charge in [0.05, 0.1) is 12.4 Å². The molecule has 1 saturated carbocycles. The van der Waals surface area contributed by atoms with Crippen molar-refractivity contribution >= 4 is 23.0 Å². The Bertz CT molecular complexity index is 383. The van der Waals surface area contributed by atoms with Crippen LogP contribution in [0.4, 0.5) is 5.82 Å². The van der Waals surface area contributed by atoms with E-state index < -0.39 is 0 Å². The van der Waals surface area contributed by atoms with Gasteiger partial charge in [-0.25, -0.2) is 9.97 Å². The van der Waals surface area contributed by atoms with Crippen molar-refractivity contribution in [1.29, 1.82) is 0 Å². The first kappa shape index (κ1) is 11.3. The zero-order valence-corrected chi connectivity index (χ0v) is 10.2. The van der Waals surface area contributed by atoms with Gasteiger partial charge in [0.2, 0.25) is 0 Å². The van der Waals surface area contributed by atoms with Gasteiger partial charge in [-0.2, -0.15) is 0 Å². The van der Waals surface area contributed by atoms with E-state index in [1.807, 2.05) is 0 Å². The summed E-state index contributed by atoms with van der Waals surface area (Å²) in [5, 5.41) is 3.31. The van der Waals surface area contributed by atoms with Crippen LogP contribution in [0, 0.1) is 5.41 Å². The highest BCUT2D eigenvalue weighted by molar-refractivity contribution is 7.80. The first-order chi connectivity index (χ1) is 7.65. The standard InChI is InChI=1S/C11H16N4S/c1-2-11(3-4-11)7-15-9-6-13-8(5-14-9)10(12)16/h5-6H,2-4,7H2,1H3,(H2,12,16)(H,14,15). The summed E-state index contributed by atoms with van der Waals surface area (Å²) in [6, 6.07) is 0. The number of aromatic nitrogens is 2. The lowest BCUT2D eigenvalue weighted by Crippen LogP contribution is -2.16. The van der Waals surface area contributed by atoms with Crippen molar-refractivity contribution in [2.45, 2.75) is 26.2 Å². The second-order valence-electron chi connectivity index (χ2n) is 4.36. The van der Waals surface area contributed by atoms with Crippen molar-refractivity contribution < 1.29 is 0 Å². The third-order valence-corrected chi connectivity index (χ3v) is 3.47. The van der Waals surface area contributed by atoms with E-state index in [0.717, 1.165) is 12.4 Å². The fourth-order valence-electron chi connectivity index (χ4n) is 1.66. The van der Waals surface area contributed by atoms with Crippen LogP contribution in [0.2, 0.25) is 0 Å². The quantitative estimate of drug-likeness (QED) is 0.762. The number of thiocarbonyl (C=S) groups is 1. The molecule has 16 heavy (non-hydrogen) atoms. The molecule has 0 radical (unpaired) electrons. The lowest BCUT2D eigenvalue weighted by atomic mass is 10.0. The van der Waals surface area contributed by atoms with Crippen LogP contribution in [0.1, 0.15) is 31.9 Å². The van der Waals surface area contributed by atoms with Gasteiger partial charge in [-0.1, -0.05) is 19.1 Å². The van der Waals surface area contributed by atoms with Crippen molar-refractivity contribution in [1.82, 2.24) is 9.97 Å². The van der Waals surface area contributed by atoms with Gasteiger partial charge in [0, 0.05) is 6.54 Å². The number of hydrogen-bond donors (Lipinski definition) is 2. The van der Waals surface area contributed by atoms with Crippen LogP contribution in [0.25, 0.3) is 0 Å². The van der Waals surface area contributed by atoms with Gasteiger partial charge in [0.15, 0.2) is 0 Å². The number of rotatable bonds is 5. The molecule has 1 aliphatic rings. The molecule has 0 spiro atoms. The van der Waals surface area contributed by atoms with Gasteiger partial charge >= 0.3 is 0 Å². The Balaban J connectivity index is 1.93. The lowest BCUT2D eigenvalue weighted by Gasteiger charge is -2.13. The van der Waals surface area contributed by atoms with Gasteiger partial charge in [-0.15, -0.1) is 0 Å². The van der Waals surface area contributed by atoms with E-state index in [2.05, 4.69) is 22.2 Å². The van der Waals surface area contributed by atoms with Crippen LogP contribution in [-0.4, -0.2) is 21.5 Å². The number of nitrogens with zero attached hydrogens (tertiary/aromatic N) is 2. The van der Waals surface area contributed by atoms with E-state index in [-0.39, 0.29) is 4.99 Å². The average Bonchev–Trinajstić information content (AvgIpc) is 3.08. The molecule has 3 N–H and O–H groups in total. The van der Waals surface area contributed by atoms with E-state index in [1.54, 1.807) is 12.4 Å². The lowest BCUT2D eigenvalue weighted by molar-refractivity contribution is 0.520. The molecule has 0 aliphatic heterocycles. The summed E-state index contributed by atoms with van der Waals surface area (Å²) in [4.78, 5) is 8.64. The fourth-order valence-corrected chi connectivity index (χ4v) is 1.76. The number of hydrogen-bond acceptors (Lipinski definition) is 4. The topological polar surface area (TPSA) is 63.8 Å². The molecular formula is C11H16N4S. The molecule has 1 aromatic heterocycles. The predicted octanol–water partition coefficient (Wildman–Crippen LogP) is 1.71. The molecule has 0 unspecified atom stereocenters. The zero-order chi connectivity index (χ0) is 11.6. The molecule has 1 fully saturated rings. The van der Waals surface area contributed by atoms with Gasteiger partial charge in [-0.05, 0) is 24.7 Å². The molecule has 1 aliphatic carbocycles. The van der Waals surface area contributed by atoms with Gasteiger partial charge in [-0.3, -0.25) is 0 Å². The molecule has 0 atom stereocenters. The molecular weight excluding hydrogens is 220 g/mol. The maximum Gasteiger partial charge on any atom is 0.144 e. The average molecular weight is 236 g/mol. The molecule has 86 valence electrons. The maximum atomic E-state index is 5.45. The van der Waals surface area contributed by atoms with Crippen LogP contribution in [0.3, 0.4) is 0 Å². The predicted molar refractivity (Wildman–Crippen MR) is 68.4 cm³/mol. The first-order valence-electron chi connectivity index (χ1n) is 5.51. The van der Waals surface area contributed by atoms with E-state index in [4.69, 9.17) is 18.0 Å². The Labute approximate surface area is 101 Å². The summed E-state index contributed by atoms with van der Waals surface area (Å²) in [5.41, 5.74) is 6.52. The van der Waals surface area contributed by atoms with Crippen molar-refractivity contribution in [2.24, 2.45) is 11.1 Å². The van der Waals surface area contributed by atoms with Crippen LogP contribution >= 0.6 is 12.2 Å². The van der Waals surface area contributed by atoms with Crippen molar-refractivity contribution in [2.75, 3.05) is 11.9 Å². The van der Waals surface area contributed by atoms with E-state index in [9.17, 15) is 0 Å². The Morgan fingerprint density at radius 3 is 2.69 bits per heavy atom. The minimum Gasteiger partial charge on any atom is -0.388 e. The van der Waals surface area contributed by atoms with E-state index in [1.165, 1.54) is 19.3 Å². The summed E-state index contributed by atoms with van der Waals surface area (Å²) in [7, 11) is 0. The Morgan fingerprint density at radius 2 is 2.25 bits per heavy atom.